The fourth-order valence-corrected chi connectivity index (χ4v) is 1.38. The van der Waals surface area contributed by atoms with E-state index in [1.54, 1.807) is 24.3 Å². The van der Waals surface area contributed by atoms with E-state index < -0.39 is 12.1 Å². The number of carboxylic acid groups (broad SMARTS) is 1. The molecule has 1 heterocycles. The summed E-state index contributed by atoms with van der Waals surface area (Å²) in [7, 11) is 0. The lowest BCUT2D eigenvalue weighted by Crippen LogP contribution is -2.21. The maximum atomic E-state index is 11.1. The number of aromatic amines is 1. The van der Waals surface area contributed by atoms with Gasteiger partial charge < -0.3 is 20.3 Å². The van der Waals surface area contributed by atoms with Crippen LogP contribution in [0.5, 0.6) is 11.6 Å². The van der Waals surface area contributed by atoms with Gasteiger partial charge in [-0.15, -0.1) is 0 Å². The Morgan fingerprint density at radius 2 is 1.70 bits per heavy atom. The number of carboxylic acids is 1. The molecular weight excluding hydrogens is 321 g/mol. The third kappa shape index (κ3) is 6.50. The first-order valence-electron chi connectivity index (χ1n) is 5.95. The number of phenols is 1. The third-order valence-corrected chi connectivity index (χ3v) is 2.33. The Morgan fingerprint density at radius 3 is 2.13 bits per heavy atom. The molecule has 0 saturated heterocycles. The van der Waals surface area contributed by atoms with Gasteiger partial charge in [0.25, 0.3) is 5.56 Å². The molecule has 1 aromatic carbocycles. The van der Waals surface area contributed by atoms with E-state index in [0.717, 1.165) is 11.6 Å². The summed E-state index contributed by atoms with van der Waals surface area (Å²) in [6, 6.07) is 7.56. The van der Waals surface area contributed by atoms with Gasteiger partial charge in [0.15, 0.2) is 0 Å². The minimum absolute atomic E-state index is 0.182. The molecule has 23 heavy (non-hydrogen) atoms. The van der Waals surface area contributed by atoms with Crippen molar-refractivity contribution in [2.45, 2.75) is 12.6 Å². The van der Waals surface area contributed by atoms with Crippen LogP contribution >= 0.6 is 0 Å². The number of aliphatic carboxylic acids is 1. The number of halogens is 3. The number of rotatable bonds is 2. The number of aromatic hydroxyl groups is 2. The van der Waals surface area contributed by atoms with Gasteiger partial charge in [0.1, 0.15) is 11.6 Å². The molecule has 0 atom stereocenters. The molecular formula is C13H11F3N2O5. The summed E-state index contributed by atoms with van der Waals surface area (Å²) in [6.45, 7) is 0. The summed E-state index contributed by atoms with van der Waals surface area (Å²) >= 11 is 0. The minimum Gasteiger partial charge on any atom is -0.508 e. The van der Waals surface area contributed by atoms with Crippen LogP contribution in [0.25, 0.3) is 0 Å². The van der Waals surface area contributed by atoms with Crippen LogP contribution in [0.15, 0.2) is 35.1 Å². The third-order valence-electron chi connectivity index (χ3n) is 2.33. The van der Waals surface area contributed by atoms with E-state index in [4.69, 9.17) is 20.1 Å². The molecule has 0 bridgehead atoms. The van der Waals surface area contributed by atoms with E-state index in [2.05, 4.69) is 9.97 Å². The van der Waals surface area contributed by atoms with E-state index in [1.165, 1.54) is 0 Å². The topological polar surface area (TPSA) is 124 Å². The average Bonchev–Trinajstić information content (AvgIpc) is 2.40. The number of hydrogen-bond donors (Lipinski definition) is 4. The Kier molecular flexibility index (Phi) is 5.71. The molecule has 0 aliphatic rings. The predicted molar refractivity (Wildman–Crippen MR) is 71.1 cm³/mol. The molecule has 0 radical (unpaired) electrons. The van der Waals surface area contributed by atoms with E-state index in [-0.39, 0.29) is 17.2 Å². The first-order chi connectivity index (χ1) is 10.6. The largest absolute Gasteiger partial charge is 0.508 e. The number of phenolic OH excluding ortho intramolecular Hbond substituents is 1. The fraction of sp³-hybridized carbons (Fsp3) is 0.154. The smallest absolute Gasteiger partial charge is 0.490 e. The lowest BCUT2D eigenvalue weighted by Gasteiger charge is -2.01. The van der Waals surface area contributed by atoms with Crippen LogP contribution in [0.4, 0.5) is 13.2 Å². The van der Waals surface area contributed by atoms with E-state index in [9.17, 15) is 18.0 Å². The van der Waals surface area contributed by atoms with Crippen LogP contribution in [-0.4, -0.2) is 37.4 Å². The van der Waals surface area contributed by atoms with E-state index >= 15 is 0 Å². The maximum Gasteiger partial charge on any atom is 0.490 e. The molecule has 1 aromatic heterocycles. The number of nitrogens with one attached hydrogen (secondary N) is 1. The van der Waals surface area contributed by atoms with Crippen molar-refractivity contribution < 1.29 is 33.3 Å². The summed E-state index contributed by atoms with van der Waals surface area (Å²) in [5.41, 5.74) is 0.493. The molecule has 2 rings (SSSR count). The van der Waals surface area contributed by atoms with Crippen LogP contribution in [-0.2, 0) is 11.2 Å². The van der Waals surface area contributed by atoms with Gasteiger partial charge in [-0.25, -0.2) is 4.79 Å². The van der Waals surface area contributed by atoms with Crippen LogP contribution < -0.4 is 5.56 Å². The van der Waals surface area contributed by atoms with Crippen molar-refractivity contribution in [2.24, 2.45) is 0 Å². The number of hydrogen-bond acceptors (Lipinski definition) is 5. The SMILES string of the molecule is O=C(O)C(F)(F)F.O=c1cc(O)nc(Cc2ccc(O)cc2)[nH]1. The monoisotopic (exact) mass is 332 g/mol. The van der Waals surface area contributed by atoms with Gasteiger partial charge >= 0.3 is 12.1 Å². The summed E-state index contributed by atoms with van der Waals surface area (Å²) in [6.07, 6.45) is -4.69. The molecule has 0 fully saturated rings. The van der Waals surface area contributed by atoms with Crippen molar-refractivity contribution in [1.29, 1.82) is 0 Å². The molecule has 124 valence electrons. The number of H-pyrrole nitrogens is 1. The number of benzene rings is 1. The Hall–Kier alpha value is -3.04. The second kappa shape index (κ2) is 7.29. The van der Waals surface area contributed by atoms with Gasteiger partial charge in [-0.1, -0.05) is 12.1 Å². The highest BCUT2D eigenvalue weighted by atomic mass is 19.4. The number of carbonyl (C=O) groups is 1. The molecule has 0 aliphatic carbocycles. The first-order valence-corrected chi connectivity index (χ1v) is 5.95. The van der Waals surface area contributed by atoms with Crippen LogP contribution in [0, 0.1) is 0 Å². The minimum atomic E-state index is -5.08. The van der Waals surface area contributed by atoms with Crippen LogP contribution in [0.3, 0.4) is 0 Å². The Labute approximate surface area is 126 Å². The molecule has 7 nitrogen and oxygen atoms in total. The van der Waals surface area contributed by atoms with Crippen LogP contribution in [0.1, 0.15) is 11.4 Å². The number of alkyl halides is 3. The highest BCUT2D eigenvalue weighted by Gasteiger charge is 2.38. The predicted octanol–water partition coefficient (Wildman–Crippen LogP) is 1.41. The van der Waals surface area contributed by atoms with Crippen molar-refractivity contribution in [3.05, 3.63) is 52.1 Å². The van der Waals surface area contributed by atoms with E-state index in [0.29, 0.717) is 12.2 Å². The van der Waals surface area contributed by atoms with Crippen molar-refractivity contribution >= 4 is 5.97 Å². The van der Waals surface area contributed by atoms with Crippen molar-refractivity contribution in [1.82, 2.24) is 9.97 Å². The zero-order valence-corrected chi connectivity index (χ0v) is 11.3. The van der Waals surface area contributed by atoms with Crippen LogP contribution in [0.2, 0.25) is 0 Å². The molecule has 0 amide bonds. The summed E-state index contributed by atoms with van der Waals surface area (Å²) in [5, 5.41) is 25.4. The molecule has 2 aromatic rings. The lowest BCUT2D eigenvalue weighted by molar-refractivity contribution is -0.192. The molecule has 4 N–H and O–H groups in total. The lowest BCUT2D eigenvalue weighted by atomic mass is 10.1. The summed E-state index contributed by atoms with van der Waals surface area (Å²) in [5.74, 6) is -2.48. The van der Waals surface area contributed by atoms with E-state index in [1.807, 2.05) is 0 Å². The Balaban J connectivity index is 0.000000322. The van der Waals surface area contributed by atoms with Crippen molar-refractivity contribution in [3.63, 3.8) is 0 Å². The van der Waals surface area contributed by atoms with Crippen molar-refractivity contribution in [2.75, 3.05) is 0 Å². The Morgan fingerprint density at radius 1 is 1.17 bits per heavy atom. The number of nitrogens with zero attached hydrogens (tertiary/aromatic N) is 1. The quantitative estimate of drug-likeness (QED) is 0.659. The van der Waals surface area contributed by atoms with Gasteiger partial charge in [-0.05, 0) is 17.7 Å². The normalized spacial score (nSPS) is 10.6. The highest BCUT2D eigenvalue weighted by Crippen LogP contribution is 2.13. The maximum absolute atomic E-state index is 11.1. The molecule has 0 aliphatic heterocycles. The Bertz CT molecular complexity index is 726. The van der Waals surface area contributed by atoms with Gasteiger partial charge in [0.2, 0.25) is 5.88 Å². The molecule has 10 heteroatoms. The average molecular weight is 332 g/mol. The highest BCUT2D eigenvalue weighted by molar-refractivity contribution is 5.73. The summed E-state index contributed by atoms with van der Waals surface area (Å²) < 4.78 is 31.7. The molecule has 0 unspecified atom stereocenters. The summed E-state index contributed by atoms with van der Waals surface area (Å²) in [4.78, 5) is 26.3. The second-order valence-electron chi connectivity index (χ2n) is 4.20. The second-order valence-corrected chi connectivity index (χ2v) is 4.20. The zero-order valence-electron chi connectivity index (χ0n) is 11.3. The standard InChI is InChI=1S/C11H10N2O3.C2HF3O2/c14-8-3-1-7(2-4-8)5-9-12-10(15)6-11(16)13-9;3-2(4,5)1(6)7/h1-4,6,14H,5H2,(H2,12,13,15,16);(H,6,7). The van der Waals surface area contributed by atoms with Gasteiger partial charge in [-0.3, -0.25) is 4.79 Å². The van der Waals surface area contributed by atoms with Crippen molar-refractivity contribution in [3.8, 4) is 11.6 Å². The van der Waals surface area contributed by atoms with Gasteiger partial charge in [0.05, 0.1) is 6.07 Å². The van der Waals surface area contributed by atoms with Gasteiger partial charge in [0, 0.05) is 6.42 Å². The fourth-order valence-electron chi connectivity index (χ4n) is 1.38. The molecule has 0 spiro atoms. The molecule has 0 saturated carbocycles. The first kappa shape index (κ1) is 18.0. The number of aromatic nitrogens is 2. The van der Waals surface area contributed by atoms with Gasteiger partial charge in [-0.2, -0.15) is 18.2 Å². The zero-order chi connectivity index (χ0) is 17.6.